The third kappa shape index (κ3) is 2.62. The first-order valence-corrected chi connectivity index (χ1v) is 5.36. The highest BCUT2D eigenvalue weighted by atomic mass is 35.5. The molecule has 1 rings (SSSR count). The standard InChI is InChI=1S/C11H14Cl2/c1-3-5-8(2)9-6-4-7-10(12)11(9)13/h4,6-8H,3,5H2,1-2H3. The lowest BCUT2D eigenvalue weighted by Crippen LogP contribution is -1.93. The van der Waals surface area contributed by atoms with Crippen molar-refractivity contribution < 1.29 is 0 Å². The quantitative estimate of drug-likeness (QED) is 0.675. The zero-order chi connectivity index (χ0) is 9.84. The van der Waals surface area contributed by atoms with E-state index in [1.807, 2.05) is 12.1 Å². The molecule has 0 radical (unpaired) electrons. The zero-order valence-corrected chi connectivity index (χ0v) is 9.49. The van der Waals surface area contributed by atoms with E-state index < -0.39 is 0 Å². The molecule has 13 heavy (non-hydrogen) atoms. The average Bonchev–Trinajstić information content (AvgIpc) is 2.10. The van der Waals surface area contributed by atoms with Crippen molar-refractivity contribution in [1.29, 1.82) is 0 Å². The molecule has 1 aromatic carbocycles. The van der Waals surface area contributed by atoms with Crippen LogP contribution in [0.4, 0.5) is 0 Å². The molecule has 0 fully saturated rings. The molecule has 0 N–H and O–H groups in total. The highest BCUT2D eigenvalue weighted by Crippen LogP contribution is 2.32. The molecule has 72 valence electrons. The summed E-state index contributed by atoms with van der Waals surface area (Å²) in [5.74, 6) is 0.496. The Morgan fingerprint density at radius 1 is 1.31 bits per heavy atom. The Balaban J connectivity index is 2.93. The van der Waals surface area contributed by atoms with E-state index in [4.69, 9.17) is 23.2 Å². The average molecular weight is 217 g/mol. The van der Waals surface area contributed by atoms with Crippen molar-refractivity contribution in [2.24, 2.45) is 0 Å². The van der Waals surface area contributed by atoms with Gasteiger partial charge in [-0.05, 0) is 24.0 Å². The molecule has 0 aliphatic rings. The van der Waals surface area contributed by atoms with Crippen molar-refractivity contribution in [3.05, 3.63) is 33.8 Å². The number of hydrogen-bond donors (Lipinski definition) is 0. The van der Waals surface area contributed by atoms with E-state index in [2.05, 4.69) is 19.9 Å². The Labute approximate surface area is 89.9 Å². The Morgan fingerprint density at radius 2 is 2.00 bits per heavy atom. The highest BCUT2D eigenvalue weighted by Gasteiger charge is 2.10. The minimum atomic E-state index is 0.496. The van der Waals surface area contributed by atoms with Gasteiger partial charge < -0.3 is 0 Å². The molecule has 1 unspecified atom stereocenters. The van der Waals surface area contributed by atoms with Crippen LogP contribution in [0.15, 0.2) is 18.2 Å². The smallest absolute Gasteiger partial charge is 0.0626 e. The second kappa shape index (κ2) is 4.88. The van der Waals surface area contributed by atoms with Crippen molar-refractivity contribution in [1.82, 2.24) is 0 Å². The summed E-state index contributed by atoms with van der Waals surface area (Å²) in [6.07, 6.45) is 2.32. The zero-order valence-electron chi connectivity index (χ0n) is 7.98. The van der Waals surface area contributed by atoms with Gasteiger partial charge in [-0.25, -0.2) is 0 Å². The van der Waals surface area contributed by atoms with E-state index in [9.17, 15) is 0 Å². The molecule has 0 saturated heterocycles. The van der Waals surface area contributed by atoms with Crippen LogP contribution in [0.3, 0.4) is 0 Å². The van der Waals surface area contributed by atoms with Gasteiger partial charge in [-0.15, -0.1) is 0 Å². The lowest BCUT2D eigenvalue weighted by atomic mass is 9.97. The fourth-order valence-electron chi connectivity index (χ4n) is 1.49. The van der Waals surface area contributed by atoms with Crippen LogP contribution in [0.25, 0.3) is 0 Å². The van der Waals surface area contributed by atoms with Crippen molar-refractivity contribution in [2.45, 2.75) is 32.6 Å². The Bertz CT molecular complexity index is 281. The summed E-state index contributed by atoms with van der Waals surface area (Å²) in [4.78, 5) is 0. The molecule has 0 aromatic heterocycles. The molecule has 0 saturated carbocycles. The van der Waals surface area contributed by atoms with Crippen LogP contribution in [0.1, 0.15) is 38.2 Å². The molecular weight excluding hydrogens is 203 g/mol. The van der Waals surface area contributed by atoms with Crippen molar-refractivity contribution in [3.8, 4) is 0 Å². The summed E-state index contributed by atoms with van der Waals surface area (Å²) in [7, 11) is 0. The van der Waals surface area contributed by atoms with E-state index in [-0.39, 0.29) is 0 Å². The molecule has 0 nitrogen and oxygen atoms in total. The normalized spacial score (nSPS) is 12.9. The second-order valence-corrected chi connectivity index (χ2v) is 4.12. The van der Waals surface area contributed by atoms with Gasteiger partial charge in [0, 0.05) is 0 Å². The predicted octanol–water partition coefficient (Wildman–Crippen LogP) is 4.90. The van der Waals surface area contributed by atoms with Crippen molar-refractivity contribution in [2.75, 3.05) is 0 Å². The van der Waals surface area contributed by atoms with Crippen LogP contribution in [0.2, 0.25) is 10.0 Å². The van der Waals surface area contributed by atoms with Crippen LogP contribution < -0.4 is 0 Å². The molecule has 0 aliphatic carbocycles. The van der Waals surface area contributed by atoms with Gasteiger partial charge in [-0.3, -0.25) is 0 Å². The maximum Gasteiger partial charge on any atom is 0.0626 e. The van der Waals surface area contributed by atoms with Crippen molar-refractivity contribution in [3.63, 3.8) is 0 Å². The van der Waals surface area contributed by atoms with E-state index in [1.54, 1.807) is 0 Å². The third-order valence-corrected chi connectivity index (χ3v) is 3.07. The molecule has 2 heteroatoms. The van der Waals surface area contributed by atoms with Crippen LogP contribution in [0.5, 0.6) is 0 Å². The second-order valence-electron chi connectivity index (χ2n) is 3.33. The fourth-order valence-corrected chi connectivity index (χ4v) is 1.98. The first-order chi connectivity index (χ1) is 6.16. The van der Waals surface area contributed by atoms with E-state index >= 15 is 0 Å². The molecule has 0 aliphatic heterocycles. The van der Waals surface area contributed by atoms with E-state index in [0.717, 1.165) is 12.0 Å². The number of hydrogen-bond acceptors (Lipinski definition) is 0. The van der Waals surface area contributed by atoms with Gasteiger partial charge in [-0.2, -0.15) is 0 Å². The minimum Gasteiger partial charge on any atom is -0.0827 e. The third-order valence-electron chi connectivity index (χ3n) is 2.23. The monoisotopic (exact) mass is 216 g/mol. The maximum atomic E-state index is 6.09. The predicted molar refractivity (Wildman–Crippen MR) is 59.8 cm³/mol. The summed E-state index contributed by atoms with van der Waals surface area (Å²) < 4.78 is 0. The summed E-state index contributed by atoms with van der Waals surface area (Å²) in [6, 6.07) is 5.83. The Morgan fingerprint density at radius 3 is 2.62 bits per heavy atom. The number of halogens is 2. The van der Waals surface area contributed by atoms with Gasteiger partial charge >= 0.3 is 0 Å². The van der Waals surface area contributed by atoms with Crippen LogP contribution >= 0.6 is 23.2 Å². The molecule has 0 heterocycles. The van der Waals surface area contributed by atoms with Gasteiger partial charge in [0.2, 0.25) is 0 Å². The summed E-state index contributed by atoms with van der Waals surface area (Å²) in [6.45, 7) is 4.36. The summed E-state index contributed by atoms with van der Waals surface area (Å²) in [5.41, 5.74) is 1.16. The largest absolute Gasteiger partial charge is 0.0827 e. The highest BCUT2D eigenvalue weighted by molar-refractivity contribution is 6.42. The van der Waals surface area contributed by atoms with Gasteiger partial charge in [-0.1, -0.05) is 55.6 Å². The number of benzene rings is 1. The van der Waals surface area contributed by atoms with Crippen LogP contribution in [0, 0.1) is 0 Å². The first kappa shape index (κ1) is 10.9. The Hall–Kier alpha value is -0.200. The lowest BCUT2D eigenvalue weighted by Gasteiger charge is -2.12. The topological polar surface area (TPSA) is 0 Å². The van der Waals surface area contributed by atoms with Gasteiger partial charge in [0.15, 0.2) is 0 Å². The SMILES string of the molecule is CCCC(C)c1cccc(Cl)c1Cl. The van der Waals surface area contributed by atoms with Crippen molar-refractivity contribution >= 4 is 23.2 Å². The minimum absolute atomic E-state index is 0.496. The summed E-state index contributed by atoms with van der Waals surface area (Å²) in [5, 5.41) is 1.37. The number of rotatable bonds is 3. The Kier molecular flexibility index (Phi) is 4.08. The molecule has 0 amide bonds. The molecule has 0 spiro atoms. The van der Waals surface area contributed by atoms with E-state index in [0.29, 0.717) is 16.0 Å². The first-order valence-electron chi connectivity index (χ1n) is 4.60. The van der Waals surface area contributed by atoms with Crippen LogP contribution in [-0.2, 0) is 0 Å². The fraction of sp³-hybridized carbons (Fsp3) is 0.455. The van der Waals surface area contributed by atoms with Gasteiger partial charge in [0.1, 0.15) is 0 Å². The molecule has 0 bridgehead atoms. The molecular formula is C11H14Cl2. The van der Waals surface area contributed by atoms with Crippen LogP contribution in [-0.4, -0.2) is 0 Å². The maximum absolute atomic E-state index is 6.09. The lowest BCUT2D eigenvalue weighted by molar-refractivity contribution is 0.665. The molecule has 1 aromatic rings. The van der Waals surface area contributed by atoms with Gasteiger partial charge in [0.25, 0.3) is 0 Å². The summed E-state index contributed by atoms with van der Waals surface area (Å²) >= 11 is 12.0. The van der Waals surface area contributed by atoms with Gasteiger partial charge in [0.05, 0.1) is 10.0 Å². The molecule has 1 atom stereocenters. The van der Waals surface area contributed by atoms with E-state index in [1.165, 1.54) is 6.42 Å².